The second-order valence-electron chi connectivity index (χ2n) is 4.50. The molecule has 1 atom stereocenters. The van der Waals surface area contributed by atoms with Gasteiger partial charge in [-0.1, -0.05) is 0 Å². The molecule has 6 nitrogen and oxygen atoms in total. The molecule has 0 spiro atoms. The van der Waals surface area contributed by atoms with Crippen LogP contribution in [0.2, 0.25) is 0 Å². The molecule has 0 amide bonds. The van der Waals surface area contributed by atoms with Crippen LogP contribution in [0.3, 0.4) is 0 Å². The van der Waals surface area contributed by atoms with Crippen LogP contribution in [0.15, 0.2) is 0 Å². The van der Waals surface area contributed by atoms with Gasteiger partial charge in [0.05, 0.1) is 52.9 Å². The summed E-state index contributed by atoms with van der Waals surface area (Å²) in [7, 11) is 1.65. The third kappa shape index (κ3) is 10.5. The highest BCUT2D eigenvalue weighted by Gasteiger charge is 2.13. The first-order valence-electron chi connectivity index (χ1n) is 7.39. The van der Waals surface area contributed by atoms with Crippen LogP contribution < -0.4 is 0 Å². The van der Waals surface area contributed by atoms with E-state index in [4.69, 9.17) is 28.4 Å². The first kappa shape index (κ1) is 17.8. The van der Waals surface area contributed by atoms with E-state index in [1.807, 2.05) is 0 Å². The Labute approximate surface area is 121 Å². The fraction of sp³-hybridized carbons (Fsp3) is 1.00. The summed E-state index contributed by atoms with van der Waals surface area (Å²) in [5, 5.41) is 0. The summed E-state index contributed by atoms with van der Waals surface area (Å²) in [4.78, 5) is 0. The third-order valence-electron chi connectivity index (χ3n) is 2.85. The first-order chi connectivity index (χ1) is 9.93. The molecular formula is C14H28O6. The molecule has 0 bridgehead atoms. The molecule has 0 aromatic heterocycles. The molecule has 1 heterocycles. The molecule has 0 radical (unpaired) electrons. The van der Waals surface area contributed by atoms with Crippen molar-refractivity contribution in [3.8, 4) is 0 Å². The van der Waals surface area contributed by atoms with Crippen molar-refractivity contribution in [2.45, 2.75) is 25.6 Å². The van der Waals surface area contributed by atoms with Gasteiger partial charge in [-0.3, -0.25) is 0 Å². The predicted molar refractivity (Wildman–Crippen MR) is 73.9 cm³/mol. The minimum atomic E-state index is -0.0344. The second-order valence-corrected chi connectivity index (χ2v) is 4.50. The lowest BCUT2D eigenvalue weighted by Gasteiger charge is -2.22. The molecule has 20 heavy (non-hydrogen) atoms. The van der Waals surface area contributed by atoms with Gasteiger partial charge in [0.25, 0.3) is 0 Å². The SMILES string of the molecule is COCCOCCOCCOCCOC1CCCCO1. The van der Waals surface area contributed by atoms with Gasteiger partial charge in [-0.05, 0) is 19.3 Å². The maximum Gasteiger partial charge on any atom is 0.157 e. The summed E-state index contributed by atoms with van der Waals surface area (Å²) in [6.45, 7) is 5.51. The average molecular weight is 292 g/mol. The van der Waals surface area contributed by atoms with E-state index in [-0.39, 0.29) is 6.29 Å². The van der Waals surface area contributed by atoms with Gasteiger partial charge in [-0.25, -0.2) is 0 Å². The summed E-state index contributed by atoms with van der Waals surface area (Å²) < 4.78 is 31.9. The Kier molecular flexibility index (Phi) is 12.2. The van der Waals surface area contributed by atoms with Crippen LogP contribution in [0.1, 0.15) is 19.3 Å². The Morgan fingerprint density at radius 2 is 1.40 bits per heavy atom. The number of ether oxygens (including phenoxy) is 6. The fourth-order valence-corrected chi connectivity index (χ4v) is 1.77. The van der Waals surface area contributed by atoms with Gasteiger partial charge in [0, 0.05) is 13.7 Å². The molecule has 1 saturated heterocycles. The van der Waals surface area contributed by atoms with Crippen molar-refractivity contribution in [2.24, 2.45) is 0 Å². The molecule has 1 rings (SSSR count). The molecule has 1 fully saturated rings. The fourth-order valence-electron chi connectivity index (χ4n) is 1.77. The second kappa shape index (κ2) is 13.7. The Bertz CT molecular complexity index is 196. The smallest absolute Gasteiger partial charge is 0.157 e. The van der Waals surface area contributed by atoms with Crippen molar-refractivity contribution in [3.63, 3.8) is 0 Å². The molecule has 0 aromatic rings. The molecule has 1 aliphatic heterocycles. The van der Waals surface area contributed by atoms with E-state index >= 15 is 0 Å². The lowest BCUT2D eigenvalue weighted by molar-refractivity contribution is -0.169. The third-order valence-corrected chi connectivity index (χ3v) is 2.85. The highest BCUT2D eigenvalue weighted by molar-refractivity contribution is 4.53. The Balaban J connectivity index is 1.70. The van der Waals surface area contributed by atoms with Crippen LogP contribution >= 0.6 is 0 Å². The summed E-state index contributed by atoms with van der Waals surface area (Å²) in [6, 6.07) is 0. The van der Waals surface area contributed by atoms with E-state index in [2.05, 4.69) is 0 Å². The van der Waals surface area contributed by atoms with Gasteiger partial charge in [0.2, 0.25) is 0 Å². The average Bonchev–Trinajstić information content (AvgIpc) is 2.49. The van der Waals surface area contributed by atoms with Crippen LogP contribution in [-0.4, -0.2) is 72.9 Å². The Morgan fingerprint density at radius 3 is 1.95 bits per heavy atom. The monoisotopic (exact) mass is 292 g/mol. The van der Waals surface area contributed by atoms with Crippen molar-refractivity contribution in [1.29, 1.82) is 0 Å². The zero-order chi connectivity index (χ0) is 14.3. The Hall–Kier alpha value is -0.240. The van der Waals surface area contributed by atoms with E-state index in [0.717, 1.165) is 19.4 Å². The lowest BCUT2D eigenvalue weighted by atomic mass is 10.2. The van der Waals surface area contributed by atoms with Crippen molar-refractivity contribution >= 4 is 0 Å². The predicted octanol–water partition coefficient (Wildman–Crippen LogP) is 1.23. The molecule has 1 unspecified atom stereocenters. The zero-order valence-electron chi connectivity index (χ0n) is 12.5. The van der Waals surface area contributed by atoms with Crippen LogP contribution in [0.4, 0.5) is 0 Å². The lowest BCUT2D eigenvalue weighted by Crippen LogP contribution is -2.24. The van der Waals surface area contributed by atoms with Gasteiger partial charge in [0.1, 0.15) is 0 Å². The quantitative estimate of drug-likeness (QED) is 0.476. The van der Waals surface area contributed by atoms with Crippen LogP contribution in [0.5, 0.6) is 0 Å². The minimum absolute atomic E-state index is 0.0344. The van der Waals surface area contributed by atoms with Gasteiger partial charge >= 0.3 is 0 Å². The summed E-state index contributed by atoms with van der Waals surface area (Å²) in [6.07, 6.45) is 3.29. The molecule has 120 valence electrons. The van der Waals surface area contributed by atoms with E-state index in [1.54, 1.807) is 7.11 Å². The Morgan fingerprint density at radius 1 is 0.800 bits per heavy atom. The number of hydrogen-bond acceptors (Lipinski definition) is 6. The topological polar surface area (TPSA) is 55.4 Å². The van der Waals surface area contributed by atoms with Gasteiger partial charge in [-0.2, -0.15) is 0 Å². The highest BCUT2D eigenvalue weighted by atomic mass is 16.7. The van der Waals surface area contributed by atoms with E-state index in [0.29, 0.717) is 52.9 Å². The molecule has 1 aliphatic rings. The van der Waals surface area contributed by atoms with Crippen LogP contribution in [0.25, 0.3) is 0 Å². The van der Waals surface area contributed by atoms with Crippen LogP contribution in [0, 0.1) is 0 Å². The molecule has 6 heteroatoms. The molecule has 0 aromatic carbocycles. The maximum absolute atomic E-state index is 5.55. The molecule has 0 aliphatic carbocycles. The summed E-state index contributed by atoms with van der Waals surface area (Å²) >= 11 is 0. The van der Waals surface area contributed by atoms with Crippen molar-refractivity contribution in [1.82, 2.24) is 0 Å². The molecule has 0 N–H and O–H groups in total. The van der Waals surface area contributed by atoms with Gasteiger partial charge in [-0.15, -0.1) is 0 Å². The number of methoxy groups -OCH3 is 1. The first-order valence-corrected chi connectivity index (χ1v) is 7.39. The van der Waals surface area contributed by atoms with Crippen LogP contribution in [-0.2, 0) is 28.4 Å². The number of rotatable bonds is 13. The van der Waals surface area contributed by atoms with Crippen molar-refractivity contribution in [2.75, 3.05) is 66.6 Å². The zero-order valence-corrected chi connectivity index (χ0v) is 12.5. The van der Waals surface area contributed by atoms with E-state index < -0.39 is 0 Å². The van der Waals surface area contributed by atoms with Gasteiger partial charge in [0.15, 0.2) is 6.29 Å². The molecular weight excluding hydrogens is 264 g/mol. The van der Waals surface area contributed by atoms with Crippen molar-refractivity contribution < 1.29 is 28.4 Å². The highest BCUT2D eigenvalue weighted by Crippen LogP contribution is 2.13. The van der Waals surface area contributed by atoms with Gasteiger partial charge < -0.3 is 28.4 Å². The van der Waals surface area contributed by atoms with E-state index in [9.17, 15) is 0 Å². The van der Waals surface area contributed by atoms with Crippen molar-refractivity contribution in [3.05, 3.63) is 0 Å². The summed E-state index contributed by atoms with van der Waals surface area (Å²) in [5.74, 6) is 0. The maximum atomic E-state index is 5.55. The number of hydrogen-bond donors (Lipinski definition) is 0. The van der Waals surface area contributed by atoms with E-state index in [1.165, 1.54) is 6.42 Å². The molecule has 0 saturated carbocycles. The minimum Gasteiger partial charge on any atom is -0.382 e. The summed E-state index contributed by atoms with van der Waals surface area (Å²) in [5.41, 5.74) is 0. The largest absolute Gasteiger partial charge is 0.382 e. The normalized spacial score (nSPS) is 19.4. The standard InChI is InChI=1S/C14H28O6/c1-15-6-7-16-8-9-17-10-11-18-12-13-20-14-4-2-3-5-19-14/h14H,2-13H2,1H3.